The molecule has 1 aromatic carbocycles. The molecule has 1 fully saturated rings. The van der Waals surface area contributed by atoms with E-state index in [1.165, 1.54) is 0 Å². The molecule has 0 spiro atoms. The lowest BCUT2D eigenvalue weighted by Gasteiger charge is -2.40. The summed E-state index contributed by atoms with van der Waals surface area (Å²) in [6.07, 6.45) is -3.26. The summed E-state index contributed by atoms with van der Waals surface area (Å²) in [5, 5.41) is 3.42. The van der Waals surface area contributed by atoms with E-state index in [0.29, 0.717) is 24.2 Å². The maximum absolute atomic E-state index is 12.7. The van der Waals surface area contributed by atoms with Gasteiger partial charge in [0, 0.05) is 17.5 Å². The van der Waals surface area contributed by atoms with E-state index in [1.54, 1.807) is 6.07 Å². The largest absolute Gasteiger partial charge is 0.493 e. The third-order valence-electron chi connectivity index (χ3n) is 3.99. The average molecular weight is 271 g/mol. The molecule has 1 saturated heterocycles. The van der Waals surface area contributed by atoms with Crippen LogP contribution in [0.4, 0.5) is 13.2 Å². The minimum absolute atomic E-state index is 0.127. The molecule has 3 atom stereocenters. The first kappa shape index (κ1) is 12.8. The highest BCUT2D eigenvalue weighted by atomic mass is 19.4. The van der Waals surface area contributed by atoms with Crippen LogP contribution in [0.2, 0.25) is 0 Å². The van der Waals surface area contributed by atoms with Crippen LogP contribution in [-0.2, 0) is 6.18 Å². The quantitative estimate of drug-likeness (QED) is 0.781. The Morgan fingerprint density at radius 2 is 2.11 bits per heavy atom. The molecule has 0 amide bonds. The molecular weight excluding hydrogens is 255 g/mol. The summed E-state index contributed by atoms with van der Waals surface area (Å²) >= 11 is 0. The predicted molar refractivity (Wildman–Crippen MR) is 65.0 cm³/mol. The number of alkyl halides is 3. The van der Waals surface area contributed by atoms with Gasteiger partial charge in [0.15, 0.2) is 0 Å². The van der Waals surface area contributed by atoms with E-state index in [-0.39, 0.29) is 6.04 Å². The summed E-state index contributed by atoms with van der Waals surface area (Å²) < 4.78 is 43.6. The van der Waals surface area contributed by atoms with E-state index in [2.05, 4.69) is 12.2 Å². The van der Waals surface area contributed by atoms with Gasteiger partial charge in [0.2, 0.25) is 0 Å². The number of fused-ring (bicyclic) bond motifs is 3. The second-order valence-electron chi connectivity index (χ2n) is 5.55. The minimum Gasteiger partial charge on any atom is -0.493 e. The van der Waals surface area contributed by atoms with Crippen molar-refractivity contribution in [2.75, 3.05) is 13.2 Å². The highest BCUT2D eigenvalue weighted by molar-refractivity contribution is 5.42. The zero-order chi connectivity index (χ0) is 13.6. The summed E-state index contributed by atoms with van der Waals surface area (Å²) in [5.41, 5.74) is 0.213. The molecule has 1 N–H and O–H groups in total. The van der Waals surface area contributed by atoms with Crippen LogP contribution in [0.5, 0.6) is 5.75 Å². The SMILES string of the molecule is C[C@@H]1CN[C@@H]2c3ccc(C(F)(F)F)cc3OC[C@@H]2C1. The molecular formula is C14H16F3NO. The molecule has 2 heterocycles. The normalized spacial score (nSPS) is 30.2. The summed E-state index contributed by atoms with van der Waals surface area (Å²) in [7, 11) is 0. The van der Waals surface area contributed by atoms with Crippen molar-refractivity contribution in [2.45, 2.75) is 25.6 Å². The van der Waals surface area contributed by atoms with E-state index < -0.39 is 11.7 Å². The number of halogens is 3. The van der Waals surface area contributed by atoms with Gasteiger partial charge in [0.05, 0.1) is 12.2 Å². The second-order valence-corrected chi connectivity index (χ2v) is 5.55. The Kier molecular flexibility index (Phi) is 2.96. The van der Waals surface area contributed by atoms with Gasteiger partial charge in [-0.3, -0.25) is 0 Å². The number of hydrogen-bond donors (Lipinski definition) is 1. The fraction of sp³-hybridized carbons (Fsp3) is 0.571. The van der Waals surface area contributed by atoms with Crippen molar-refractivity contribution in [1.29, 1.82) is 0 Å². The molecule has 19 heavy (non-hydrogen) atoms. The summed E-state index contributed by atoms with van der Waals surface area (Å²) in [4.78, 5) is 0. The van der Waals surface area contributed by atoms with Gasteiger partial charge >= 0.3 is 6.18 Å². The summed E-state index contributed by atoms with van der Waals surface area (Å²) in [5.74, 6) is 1.31. The number of hydrogen-bond acceptors (Lipinski definition) is 2. The molecule has 0 unspecified atom stereocenters. The maximum atomic E-state index is 12.7. The first-order valence-electron chi connectivity index (χ1n) is 6.52. The van der Waals surface area contributed by atoms with Crippen LogP contribution in [-0.4, -0.2) is 13.2 Å². The van der Waals surface area contributed by atoms with Crippen molar-refractivity contribution in [2.24, 2.45) is 11.8 Å². The highest BCUT2D eigenvalue weighted by Crippen LogP contribution is 2.42. The van der Waals surface area contributed by atoms with E-state index >= 15 is 0 Å². The fourth-order valence-electron chi connectivity index (χ4n) is 3.05. The topological polar surface area (TPSA) is 21.3 Å². The monoisotopic (exact) mass is 271 g/mol. The van der Waals surface area contributed by atoms with Gasteiger partial charge in [0.1, 0.15) is 5.75 Å². The van der Waals surface area contributed by atoms with Gasteiger partial charge < -0.3 is 10.1 Å². The maximum Gasteiger partial charge on any atom is 0.416 e. The van der Waals surface area contributed by atoms with Gasteiger partial charge in [-0.25, -0.2) is 0 Å². The molecule has 104 valence electrons. The lowest BCUT2D eigenvalue weighted by atomic mass is 9.81. The molecule has 0 bridgehead atoms. The van der Waals surface area contributed by atoms with E-state index in [9.17, 15) is 13.2 Å². The van der Waals surface area contributed by atoms with E-state index in [1.807, 2.05) is 0 Å². The van der Waals surface area contributed by atoms with Gasteiger partial charge in [-0.1, -0.05) is 13.0 Å². The first-order chi connectivity index (χ1) is 8.95. The fourth-order valence-corrected chi connectivity index (χ4v) is 3.05. The molecule has 0 radical (unpaired) electrons. The number of piperidine rings is 1. The highest BCUT2D eigenvalue weighted by Gasteiger charge is 2.37. The molecule has 0 aliphatic carbocycles. The number of rotatable bonds is 0. The number of benzene rings is 1. The van der Waals surface area contributed by atoms with Crippen LogP contribution in [0.1, 0.15) is 30.5 Å². The Labute approximate surface area is 109 Å². The predicted octanol–water partition coefficient (Wildman–Crippen LogP) is 3.38. The van der Waals surface area contributed by atoms with Crippen molar-refractivity contribution in [3.63, 3.8) is 0 Å². The zero-order valence-electron chi connectivity index (χ0n) is 10.6. The zero-order valence-corrected chi connectivity index (χ0v) is 10.6. The molecule has 3 rings (SSSR count). The second kappa shape index (κ2) is 4.40. The van der Waals surface area contributed by atoms with Crippen molar-refractivity contribution >= 4 is 0 Å². The lowest BCUT2D eigenvalue weighted by Crippen LogP contribution is -2.43. The van der Waals surface area contributed by atoms with Crippen molar-refractivity contribution < 1.29 is 17.9 Å². The van der Waals surface area contributed by atoms with Gasteiger partial charge in [-0.2, -0.15) is 13.2 Å². The van der Waals surface area contributed by atoms with Crippen LogP contribution >= 0.6 is 0 Å². The third-order valence-corrected chi connectivity index (χ3v) is 3.99. The molecule has 1 aromatic rings. The standard InChI is InChI=1S/C14H16F3NO/c1-8-4-9-7-19-12-5-10(14(15,16)17)2-3-11(12)13(9)18-6-8/h2-3,5,8-9,13,18H,4,6-7H2,1H3/t8-,9-,13-/m0/s1. The van der Waals surface area contributed by atoms with Crippen molar-refractivity contribution in [3.8, 4) is 5.75 Å². The van der Waals surface area contributed by atoms with Crippen molar-refractivity contribution in [3.05, 3.63) is 29.3 Å². The smallest absolute Gasteiger partial charge is 0.416 e. The summed E-state index contributed by atoms with van der Waals surface area (Å²) in [6, 6.07) is 3.94. The van der Waals surface area contributed by atoms with Crippen LogP contribution in [0, 0.1) is 11.8 Å². The average Bonchev–Trinajstić information content (AvgIpc) is 2.36. The van der Waals surface area contributed by atoms with Crippen LogP contribution in [0.3, 0.4) is 0 Å². The van der Waals surface area contributed by atoms with Crippen LogP contribution in [0.15, 0.2) is 18.2 Å². The molecule has 2 aliphatic rings. The Morgan fingerprint density at radius 1 is 1.32 bits per heavy atom. The summed E-state index contributed by atoms with van der Waals surface area (Å²) in [6.45, 7) is 3.57. The molecule has 0 saturated carbocycles. The molecule has 2 nitrogen and oxygen atoms in total. The Bertz CT molecular complexity index is 486. The van der Waals surface area contributed by atoms with Gasteiger partial charge in [-0.15, -0.1) is 0 Å². The Morgan fingerprint density at radius 3 is 2.84 bits per heavy atom. The van der Waals surface area contributed by atoms with E-state index in [0.717, 1.165) is 30.7 Å². The minimum atomic E-state index is -4.32. The van der Waals surface area contributed by atoms with Crippen molar-refractivity contribution in [1.82, 2.24) is 5.32 Å². The Hall–Kier alpha value is -1.23. The molecule has 2 aliphatic heterocycles. The van der Waals surface area contributed by atoms with Gasteiger partial charge in [0.25, 0.3) is 0 Å². The molecule has 0 aromatic heterocycles. The number of ether oxygens (including phenoxy) is 1. The third kappa shape index (κ3) is 2.31. The van der Waals surface area contributed by atoms with Crippen LogP contribution in [0.25, 0.3) is 0 Å². The number of nitrogens with one attached hydrogen (secondary N) is 1. The van der Waals surface area contributed by atoms with Gasteiger partial charge in [-0.05, 0) is 31.0 Å². The van der Waals surface area contributed by atoms with E-state index in [4.69, 9.17) is 4.74 Å². The lowest BCUT2D eigenvalue weighted by molar-refractivity contribution is -0.137. The van der Waals surface area contributed by atoms with Crippen LogP contribution < -0.4 is 10.1 Å². The first-order valence-corrected chi connectivity index (χ1v) is 6.52. The Balaban J connectivity index is 1.93. The molecule has 5 heteroatoms.